The molecule has 2 heteroatoms. The molecular formula is C12H13NO. The van der Waals surface area contributed by atoms with E-state index in [1.54, 1.807) is 7.11 Å². The lowest BCUT2D eigenvalue weighted by Gasteiger charge is -2.12. The first-order chi connectivity index (χ1) is 6.90. The zero-order valence-corrected chi connectivity index (χ0v) is 8.10. The molecule has 1 N–H and O–H groups in total. The minimum absolute atomic E-state index is 0.377. The van der Waals surface area contributed by atoms with Crippen molar-refractivity contribution in [2.75, 3.05) is 7.11 Å². The van der Waals surface area contributed by atoms with E-state index >= 15 is 0 Å². The van der Waals surface area contributed by atoms with Crippen LogP contribution in [0.25, 0.3) is 0 Å². The topological polar surface area (TPSA) is 21.3 Å². The Bertz CT molecular complexity index is 339. The molecule has 1 aromatic rings. The van der Waals surface area contributed by atoms with Crippen LogP contribution in [0, 0.1) is 0 Å². The predicted octanol–water partition coefficient (Wildman–Crippen LogP) is 2.41. The van der Waals surface area contributed by atoms with Gasteiger partial charge in [-0.05, 0) is 30.1 Å². The fourth-order valence-electron chi connectivity index (χ4n) is 1.49. The number of methoxy groups -OCH3 is 1. The van der Waals surface area contributed by atoms with Gasteiger partial charge in [0.05, 0.1) is 7.11 Å². The van der Waals surface area contributed by atoms with E-state index < -0.39 is 0 Å². The molecule has 1 aliphatic heterocycles. The summed E-state index contributed by atoms with van der Waals surface area (Å²) in [6.45, 7) is 0. The van der Waals surface area contributed by atoms with E-state index in [4.69, 9.17) is 4.74 Å². The highest BCUT2D eigenvalue weighted by atomic mass is 16.5. The molecule has 0 radical (unpaired) electrons. The second-order valence-corrected chi connectivity index (χ2v) is 3.18. The van der Waals surface area contributed by atoms with Crippen molar-refractivity contribution in [3.05, 3.63) is 54.4 Å². The number of allylic oxidation sites excluding steroid dienone is 2. The van der Waals surface area contributed by atoms with Crippen LogP contribution < -0.4 is 10.1 Å². The van der Waals surface area contributed by atoms with Crippen molar-refractivity contribution in [3.63, 3.8) is 0 Å². The van der Waals surface area contributed by atoms with Gasteiger partial charge in [0.2, 0.25) is 0 Å². The third kappa shape index (κ3) is 1.79. The minimum atomic E-state index is 0.377. The van der Waals surface area contributed by atoms with Crippen LogP contribution in [-0.2, 0) is 0 Å². The lowest BCUT2D eigenvalue weighted by Crippen LogP contribution is -2.02. The Morgan fingerprint density at radius 1 is 1.07 bits per heavy atom. The van der Waals surface area contributed by atoms with E-state index in [9.17, 15) is 0 Å². The van der Waals surface area contributed by atoms with Crippen LogP contribution in [0.1, 0.15) is 11.5 Å². The smallest absolute Gasteiger partial charge is 0.118 e. The molecule has 1 aliphatic rings. The van der Waals surface area contributed by atoms with E-state index in [2.05, 4.69) is 29.6 Å². The molecule has 0 atom stereocenters. The van der Waals surface area contributed by atoms with Gasteiger partial charge in [0.1, 0.15) is 5.75 Å². The molecule has 2 nitrogen and oxygen atoms in total. The standard InChI is InChI=1S/C12H13NO/c1-14-12-4-2-10(3-5-12)11-6-8-13-9-7-11/h2-9,11,13H,1H3. The number of dihydropyridines is 1. The van der Waals surface area contributed by atoms with Crippen LogP contribution in [0.2, 0.25) is 0 Å². The normalized spacial score (nSPS) is 15.2. The average molecular weight is 187 g/mol. The maximum atomic E-state index is 5.11. The summed E-state index contributed by atoms with van der Waals surface area (Å²) in [7, 11) is 1.68. The van der Waals surface area contributed by atoms with Gasteiger partial charge in [0.25, 0.3) is 0 Å². The average Bonchev–Trinajstić information content (AvgIpc) is 2.30. The summed E-state index contributed by atoms with van der Waals surface area (Å²) >= 11 is 0. The zero-order chi connectivity index (χ0) is 9.80. The van der Waals surface area contributed by atoms with Crippen LogP contribution in [-0.4, -0.2) is 7.11 Å². The van der Waals surface area contributed by atoms with E-state index in [-0.39, 0.29) is 0 Å². The molecule has 0 saturated heterocycles. The molecular weight excluding hydrogens is 174 g/mol. The highest BCUT2D eigenvalue weighted by molar-refractivity contribution is 5.34. The summed E-state index contributed by atoms with van der Waals surface area (Å²) in [5.74, 6) is 1.28. The molecule has 0 spiro atoms. The van der Waals surface area contributed by atoms with E-state index in [0.717, 1.165) is 5.75 Å². The van der Waals surface area contributed by atoms with Crippen molar-refractivity contribution in [3.8, 4) is 5.75 Å². The van der Waals surface area contributed by atoms with Gasteiger partial charge in [-0.25, -0.2) is 0 Å². The summed E-state index contributed by atoms with van der Waals surface area (Å²) in [5.41, 5.74) is 1.28. The monoisotopic (exact) mass is 187 g/mol. The van der Waals surface area contributed by atoms with Crippen LogP contribution in [0.3, 0.4) is 0 Å². The molecule has 14 heavy (non-hydrogen) atoms. The van der Waals surface area contributed by atoms with Crippen molar-refractivity contribution in [2.24, 2.45) is 0 Å². The van der Waals surface area contributed by atoms with Gasteiger partial charge in [-0.3, -0.25) is 0 Å². The van der Waals surface area contributed by atoms with Crippen LogP contribution in [0.15, 0.2) is 48.8 Å². The SMILES string of the molecule is COc1ccc(C2C=CNC=C2)cc1. The number of nitrogens with one attached hydrogen (secondary N) is 1. The molecule has 1 aromatic carbocycles. The van der Waals surface area contributed by atoms with E-state index in [0.29, 0.717) is 5.92 Å². The lowest BCUT2D eigenvalue weighted by atomic mass is 9.98. The van der Waals surface area contributed by atoms with E-state index in [1.807, 2.05) is 24.5 Å². The van der Waals surface area contributed by atoms with Crippen LogP contribution in [0.4, 0.5) is 0 Å². The van der Waals surface area contributed by atoms with Crippen molar-refractivity contribution in [2.45, 2.75) is 5.92 Å². The van der Waals surface area contributed by atoms with Crippen LogP contribution in [0.5, 0.6) is 5.75 Å². The molecule has 2 rings (SSSR count). The third-order valence-corrected chi connectivity index (χ3v) is 2.30. The van der Waals surface area contributed by atoms with Gasteiger partial charge in [0.15, 0.2) is 0 Å². The number of hydrogen-bond donors (Lipinski definition) is 1. The molecule has 0 saturated carbocycles. The minimum Gasteiger partial charge on any atom is -0.497 e. The Morgan fingerprint density at radius 3 is 2.29 bits per heavy atom. The third-order valence-electron chi connectivity index (χ3n) is 2.30. The second-order valence-electron chi connectivity index (χ2n) is 3.18. The summed E-state index contributed by atoms with van der Waals surface area (Å²) in [4.78, 5) is 0. The first kappa shape index (κ1) is 8.88. The maximum Gasteiger partial charge on any atom is 0.118 e. The van der Waals surface area contributed by atoms with Gasteiger partial charge >= 0.3 is 0 Å². The number of ether oxygens (including phenoxy) is 1. The number of benzene rings is 1. The van der Waals surface area contributed by atoms with Crippen molar-refractivity contribution in [1.29, 1.82) is 0 Å². The molecule has 0 fully saturated rings. The second kappa shape index (κ2) is 4.01. The Balaban J connectivity index is 2.19. The predicted molar refractivity (Wildman–Crippen MR) is 57.2 cm³/mol. The summed E-state index contributed by atoms with van der Waals surface area (Å²) < 4.78 is 5.11. The quantitative estimate of drug-likeness (QED) is 0.767. The Labute approximate surface area is 83.9 Å². The van der Waals surface area contributed by atoms with E-state index in [1.165, 1.54) is 5.56 Å². The lowest BCUT2D eigenvalue weighted by molar-refractivity contribution is 0.414. The highest BCUT2D eigenvalue weighted by Gasteiger charge is 2.05. The first-order valence-electron chi connectivity index (χ1n) is 4.63. The highest BCUT2D eigenvalue weighted by Crippen LogP contribution is 2.22. The summed E-state index contributed by atoms with van der Waals surface area (Å²) in [6.07, 6.45) is 8.16. The zero-order valence-electron chi connectivity index (χ0n) is 8.10. The molecule has 0 aromatic heterocycles. The molecule has 0 unspecified atom stereocenters. The van der Waals surface area contributed by atoms with Gasteiger partial charge in [-0.1, -0.05) is 24.3 Å². The van der Waals surface area contributed by atoms with Crippen molar-refractivity contribution in [1.82, 2.24) is 5.32 Å². The van der Waals surface area contributed by atoms with Gasteiger partial charge in [0, 0.05) is 5.92 Å². The van der Waals surface area contributed by atoms with Gasteiger partial charge in [-0.2, -0.15) is 0 Å². The Morgan fingerprint density at radius 2 is 1.71 bits per heavy atom. The molecule has 0 amide bonds. The van der Waals surface area contributed by atoms with Crippen molar-refractivity contribution < 1.29 is 4.74 Å². The Hall–Kier alpha value is -1.70. The number of hydrogen-bond acceptors (Lipinski definition) is 2. The molecule has 0 bridgehead atoms. The van der Waals surface area contributed by atoms with Gasteiger partial charge < -0.3 is 10.1 Å². The fourth-order valence-corrected chi connectivity index (χ4v) is 1.49. The Kier molecular flexibility index (Phi) is 2.54. The number of rotatable bonds is 2. The van der Waals surface area contributed by atoms with Crippen molar-refractivity contribution >= 4 is 0 Å². The summed E-state index contributed by atoms with van der Waals surface area (Å²) in [6, 6.07) is 8.14. The molecule has 72 valence electrons. The first-order valence-corrected chi connectivity index (χ1v) is 4.63. The fraction of sp³-hybridized carbons (Fsp3) is 0.167. The van der Waals surface area contributed by atoms with Gasteiger partial charge in [-0.15, -0.1) is 0 Å². The largest absolute Gasteiger partial charge is 0.497 e. The molecule has 1 heterocycles. The van der Waals surface area contributed by atoms with Crippen LogP contribution >= 0.6 is 0 Å². The maximum absolute atomic E-state index is 5.11. The summed E-state index contributed by atoms with van der Waals surface area (Å²) in [5, 5.41) is 3.02. The molecule has 0 aliphatic carbocycles.